The zero-order valence-electron chi connectivity index (χ0n) is 11.3. The summed E-state index contributed by atoms with van der Waals surface area (Å²) < 4.78 is 1.82. The van der Waals surface area contributed by atoms with Crippen LogP contribution in [0.25, 0.3) is 10.9 Å². The van der Waals surface area contributed by atoms with Crippen molar-refractivity contribution in [2.45, 2.75) is 39.2 Å². The molecule has 0 saturated heterocycles. The monoisotopic (exact) mass is 258 g/mol. The van der Waals surface area contributed by atoms with E-state index in [2.05, 4.69) is 4.98 Å². The van der Waals surface area contributed by atoms with Gasteiger partial charge in [0, 0.05) is 18.5 Å². The molecule has 1 aromatic carbocycles. The van der Waals surface area contributed by atoms with Gasteiger partial charge in [0.1, 0.15) is 11.6 Å². The van der Waals surface area contributed by atoms with E-state index < -0.39 is 0 Å². The Morgan fingerprint density at radius 1 is 1.42 bits per heavy atom. The molecule has 19 heavy (non-hydrogen) atoms. The quantitative estimate of drug-likeness (QED) is 0.920. The lowest BCUT2D eigenvalue weighted by atomic mass is 10.1. The predicted octanol–water partition coefficient (Wildman–Crippen LogP) is 2.64. The Bertz CT molecular complexity index is 684. The summed E-state index contributed by atoms with van der Waals surface area (Å²) in [5.74, 6) is 1.79. The standard InChI is InChI=1S/C15H18N2O2/c1-9(2)14-16-13-7-11(18)5-6-12(13)15(19)17(14)8-10-3-4-10/h5-7,9-10,18H,3-4,8H2,1-2H3. The van der Waals surface area contributed by atoms with E-state index in [-0.39, 0.29) is 17.2 Å². The fourth-order valence-electron chi connectivity index (χ4n) is 2.40. The Morgan fingerprint density at radius 3 is 2.79 bits per heavy atom. The molecule has 1 fully saturated rings. The van der Waals surface area contributed by atoms with Crippen molar-refractivity contribution >= 4 is 10.9 Å². The second kappa shape index (κ2) is 4.37. The first-order valence-corrected chi connectivity index (χ1v) is 6.79. The van der Waals surface area contributed by atoms with Crippen LogP contribution in [0.3, 0.4) is 0 Å². The second-order valence-electron chi connectivity index (χ2n) is 5.69. The van der Waals surface area contributed by atoms with E-state index in [0.717, 1.165) is 12.4 Å². The van der Waals surface area contributed by atoms with Gasteiger partial charge in [-0.3, -0.25) is 9.36 Å². The van der Waals surface area contributed by atoms with E-state index in [0.29, 0.717) is 16.8 Å². The van der Waals surface area contributed by atoms with Gasteiger partial charge in [0.25, 0.3) is 5.56 Å². The third-order valence-corrected chi connectivity index (χ3v) is 3.62. The van der Waals surface area contributed by atoms with Gasteiger partial charge in [0.05, 0.1) is 10.9 Å². The molecular formula is C15H18N2O2. The normalized spacial score (nSPS) is 15.3. The first kappa shape index (κ1) is 12.2. The Balaban J connectivity index is 2.25. The molecule has 0 aliphatic heterocycles. The lowest BCUT2D eigenvalue weighted by molar-refractivity contribution is 0.475. The fourth-order valence-corrected chi connectivity index (χ4v) is 2.40. The molecule has 1 N–H and O–H groups in total. The van der Waals surface area contributed by atoms with Gasteiger partial charge < -0.3 is 5.11 Å². The Kier molecular flexibility index (Phi) is 2.81. The molecule has 0 radical (unpaired) electrons. The molecule has 4 heteroatoms. The maximum Gasteiger partial charge on any atom is 0.261 e. The van der Waals surface area contributed by atoms with Gasteiger partial charge in [0.2, 0.25) is 0 Å². The highest BCUT2D eigenvalue weighted by atomic mass is 16.3. The minimum atomic E-state index is 0.0144. The third-order valence-electron chi connectivity index (χ3n) is 3.62. The Morgan fingerprint density at radius 2 is 2.16 bits per heavy atom. The molecule has 2 aromatic rings. The molecule has 4 nitrogen and oxygen atoms in total. The van der Waals surface area contributed by atoms with E-state index in [1.54, 1.807) is 18.2 Å². The molecule has 1 aromatic heterocycles. The maximum absolute atomic E-state index is 12.6. The summed E-state index contributed by atoms with van der Waals surface area (Å²) >= 11 is 0. The predicted molar refractivity (Wildman–Crippen MR) is 74.5 cm³/mol. The summed E-state index contributed by atoms with van der Waals surface area (Å²) in [6.45, 7) is 4.86. The van der Waals surface area contributed by atoms with Crippen LogP contribution in [-0.2, 0) is 6.54 Å². The molecule has 1 aliphatic carbocycles. The zero-order valence-corrected chi connectivity index (χ0v) is 11.3. The summed E-state index contributed by atoms with van der Waals surface area (Å²) in [4.78, 5) is 17.1. The van der Waals surface area contributed by atoms with E-state index >= 15 is 0 Å². The van der Waals surface area contributed by atoms with Crippen molar-refractivity contribution in [3.8, 4) is 5.75 Å². The van der Waals surface area contributed by atoms with Gasteiger partial charge >= 0.3 is 0 Å². The van der Waals surface area contributed by atoms with Crippen molar-refractivity contribution < 1.29 is 5.11 Å². The molecule has 1 saturated carbocycles. The summed E-state index contributed by atoms with van der Waals surface area (Å²) in [7, 11) is 0. The minimum Gasteiger partial charge on any atom is -0.508 e. The van der Waals surface area contributed by atoms with Crippen LogP contribution in [0.1, 0.15) is 38.4 Å². The molecular weight excluding hydrogens is 240 g/mol. The molecule has 3 rings (SSSR count). The molecule has 100 valence electrons. The number of phenols is 1. The molecule has 1 aliphatic rings. The van der Waals surface area contributed by atoms with Crippen LogP contribution in [0.15, 0.2) is 23.0 Å². The highest BCUT2D eigenvalue weighted by Crippen LogP contribution is 2.31. The first-order chi connectivity index (χ1) is 9.06. The molecule has 0 amide bonds. The van der Waals surface area contributed by atoms with Crippen LogP contribution in [0.2, 0.25) is 0 Å². The number of hydrogen-bond acceptors (Lipinski definition) is 3. The van der Waals surface area contributed by atoms with Gasteiger partial charge in [-0.05, 0) is 30.9 Å². The molecule has 0 bridgehead atoms. The van der Waals surface area contributed by atoms with E-state index in [1.165, 1.54) is 12.8 Å². The van der Waals surface area contributed by atoms with Crippen LogP contribution >= 0.6 is 0 Å². The van der Waals surface area contributed by atoms with Gasteiger partial charge in [-0.15, -0.1) is 0 Å². The van der Waals surface area contributed by atoms with Crippen LogP contribution < -0.4 is 5.56 Å². The van der Waals surface area contributed by atoms with Crippen molar-refractivity contribution in [1.82, 2.24) is 9.55 Å². The summed E-state index contributed by atoms with van der Waals surface area (Å²) in [5, 5.41) is 10.1. The Labute approximate surface area is 111 Å². The number of aromatic nitrogens is 2. The second-order valence-corrected chi connectivity index (χ2v) is 5.69. The largest absolute Gasteiger partial charge is 0.508 e. The number of hydrogen-bond donors (Lipinski definition) is 1. The average molecular weight is 258 g/mol. The van der Waals surface area contributed by atoms with Crippen LogP contribution in [0.5, 0.6) is 5.75 Å². The SMILES string of the molecule is CC(C)c1nc2cc(O)ccc2c(=O)n1CC1CC1. The topological polar surface area (TPSA) is 55.1 Å². The average Bonchev–Trinajstić information content (AvgIpc) is 3.16. The maximum atomic E-state index is 12.6. The van der Waals surface area contributed by atoms with Crippen LogP contribution in [-0.4, -0.2) is 14.7 Å². The summed E-state index contributed by atoms with van der Waals surface area (Å²) in [6, 6.07) is 4.76. The summed E-state index contributed by atoms with van der Waals surface area (Å²) in [5.41, 5.74) is 0.598. The van der Waals surface area contributed by atoms with Crippen molar-refractivity contribution in [2.24, 2.45) is 5.92 Å². The molecule has 0 unspecified atom stereocenters. The lowest BCUT2D eigenvalue weighted by Gasteiger charge is -2.15. The smallest absolute Gasteiger partial charge is 0.261 e. The highest BCUT2D eigenvalue weighted by molar-refractivity contribution is 5.79. The fraction of sp³-hybridized carbons (Fsp3) is 0.467. The number of benzene rings is 1. The van der Waals surface area contributed by atoms with Crippen molar-refractivity contribution in [3.05, 3.63) is 34.4 Å². The first-order valence-electron chi connectivity index (χ1n) is 6.79. The number of rotatable bonds is 3. The number of aromatic hydroxyl groups is 1. The van der Waals surface area contributed by atoms with Gasteiger partial charge in [-0.2, -0.15) is 0 Å². The number of phenolic OH excluding ortho intramolecular Hbond substituents is 1. The van der Waals surface area contributed by atoms with Crippen molar-refractivity contribution in [3.63, 3.8) is 0 Å². The van der Waals surface area contributed by atoms with E-state index in [1.807, 2.05) is 18.4 Å². The van der Waals surface area contributed by atoms with Crippen molar-refractivity contribution in [2.75, 3.05) is 0 Å². The summed E-state index contributed by atoms with van der Waals surface area (Å²) in [6.07, 6.45) is 2.41. The number of nitrogens with zero attached hydrogens (tertiary/aromatic N) is 2. The van der Waals surface area contributed by atoms with Gasteiger partial charge in [-0.1, -0.05) is 13.8 Å². The molecule has 0 spiro atoms. The lowest BCUT2D eigenvalue weighted by Crippen LogP contribution is -2.26. The van der Waals surface area contributed by atoms with Crippen molar-refractivity contribution in [1.29, 1.82) is 0 Å². The van der Waals surface area contributed by atoms with Crippen LogP contribution in [0.4, 0.5) is 0 Å². The van der Waals surface area contributed by atoms with E-state index in [9.17, 15) is 9.90 Å². The third kappa shape index (κ3) is 2.23. The van der Waals surface area contributed by atoms with Gasteiger partial charge in [0.15, 0.2) is 0 Å². The van der Waals surface area contributed by atoms with Gasteiger partial charge in [-0.25, -0.2) is 4.98 Å². The number of fused-ring (bicyclic) bond motifs is 1. The van der Waals surface area contributed by atoms with E-state index in [4.69, 9.17) is 0 Å². The zero-order chi connectivity index (χ0) is 13.6. The van der Waals surface area contributed by atoms with Crippen LogP contribution in [0, 0.1) is 5.92 Å². The molecule has 1 heterocycles. The minimum absolute atomic E-state index is 0.0144. The molecule has 0 atom stereocenters. The Hall–Kier alpha value is -1.84. The highest BCUT2D eigenvalue weighted by Gasteiger charge is 2.25.